The molecule has 0 saturated carbocycles. The number of benzene rings is 2. The van der Waals surface area contributed by atoms with Crippen LogP contribution in [0.1, 0.15) is 35.3 Å². The van der Waals surface area contributed by atoms with E-state index in [2.05, 4.69) is 5.32 Å². The fraction of sp³-hybridized carbons (Fsp3) is 0.409. The number of carbonyl (C=O) groups excluding carboxylic acids is 1. The van der Waals surface area contributed by atoms with Gasteiger partial charge in [0.2, 0.25) is 10.0 Å². The van der Waals surface area contributed by atoms with Gasteiger partial charge in [0.15, 0.2) is 0 Å². The molecule has 1 heterocycles. The van der Waals surface area contributed by atoms with Crippen LogP contribution in [0.2, 0.25) is 0 Å². The largest absolute Gasteiger partial charge is 0.489 e. The molecule has 2 aromatic rings. The van der Waals surface area contributed by atoms with Gasteiger partial charge in [0.25, 0.3) is 5.91 Å². The standard InChI is InChI=1S/C22H28N2O5S/c1-15(2)29-21-9-8-18(30(26,27)24-10-12-28-13-11-24)14-20(21)23-22(25)19-7-5-6-16(3)17(19)4/h5-9,14-15H,10-13H2,1-4H3,(H,23,25). The van der Waals surface area contributed by atoms with E-state index in [9.17, 15) is 13.2 Å². The minimum Gasteiger partial charge on any atom is -0.489 e. The van der Waals surface area contributed by atoms with Crippen molar-refractivity contribution < 1.29 is 22.7 Å². The van der Waals surface area contributed by atoms with Crippen molar-refractivity contribution in [2.45, 2.75) is 38.7 Å². The van der Waals surface area contributed by atoms with E-state index >= 15 is 0 Å². The molecular formula is C22H28N2O5S. The molecule has 1 aliphatic rings. The molecule has 1 fully saturated rings. The van der Waals surface area contributed by atoms with Crippen LogP contribution in [0.5, 0.6) is 5.75 Å². The monoisotopic (exact) mass is 432 g/mol. The Bertz CT molecular complexity index is 1030. The Morgan fingerprint density at radius 3 is 2.50 bits per heavy atom. The lowest BCUT2D eigenvalue weighted by Crippen LogP contribution is -2.40. The summed E-state index contributed by atoms with van der Waals surface area (Å²) in [5.41, 5.74) is 2.74. The molecule has 0 bridgehead atoms. The molecule has 2 aromatic carbocycles. The van der Waals surface area contributed by atoms with Gasteiger partial charge in [0.05, 0.1) is 29.9 Å². The van der Waals surface area contributed by atoms with Crippen molar-refractivity contribution in [3.05, 3.63) is 53.1 Å². The maximum atomic E-state index is 13.0. The summed E-state index contributed by atoms with van der Waals surface area (Å²) in [5.74, 6) is 0.107. The van der Waals surface area contributed by atoms with Crippen molar-refractivity contribution in [3.8, 4) is 5.75 Å². The van der Waals surface area contributed by atoms with Crippen LogP contribution in [0.4, 0.5) is 5.69 Å². The van der Waals surface area contributed by atoms with Gasteiger partial charge in [0, 0.05) is 18.7 Å². The van der Waals surface area contributed by atoms with Gasteiger partial charge in [-0.15, -0.1) is 0 Å². The molecule has 1 saturated heterocycles. The number of hydrogen-bond acceptors (Lipinski definition) is 5. The third kappa shape index (κ3) is 4.83. The Labute approximate surface area is 178 Å². The zero-order valence-corrected chi connectivity index (χ0v) is 18.6. The highest BCUT2D eigenvalue weighted by atomic mass is 32.2. The molecule has 162 valence electrons. The first-order valence-corrected chi connectivity index (χ1v) is 11.4. The molecule has 1 aliphatic heterocycles. The molecule has 0 radical (unpaired) electrons. The highest BCUT2D eigenvalue weighted by molar-refractivity contribution is 7.89. The number of carbonyl (C=O) groups is 1. The van der Waals surface area contributed by atoms with Crippen LogP contribution in [0.15, 0.2) is 41.3 Å². The summed E-state index contributed by atoms with van der Waals surface area (Å²) >= 11 is 0. The predicted octanol–water partition coefficient (Wildman–Crippen LogP) is 3.36. The molecule has 0 aliphatic carbocycles. The molecule has 1 amide bonds. The minimum atomic E-state index is -3.70. The lowest BCUT2D eigenvalue weighted by Gasteiger charge is -2.26. The van der Waals surface area contributed by atoms with E-state index in [-0.39, 0.29) is 16.9 Å². The van der Waals surface area contributed by atoms with Crippen molar-refractivity contribution in [1.29, 1.82) is 0 Å². The maximum Gasteiger partial charge on any atom is 0.256 e. The number of aryl methyl sites for hydroxylation is 1. The quantitative estimate of drug-likeness (QED) is 0.757. The fourth-order valence-corrected chi connectivity index (χ4v) is 4.68. The van der Waals surface area contributed by atoms with E-state index in [1.54, 1.807) is 12.1 Å². The third-order valence-corrected chi connectivity index (χ3v) is 6.91. The van der Waals surface area contributed by atoms with Crippen LogP contribution in [-0.2, 0) is 14.8 Å². The zero-order chi connectivity index (χ0) is 21.9. The minimum absolute atomic E-state index is 0.108. The maximum absolute atomic E-state index is 13.0. The lowest BCUT2D eigenvalue weighted by atomic mass is 10.0. The number of sulfonamides is 1. The normalized spacial score (nSPS) is 15.2. The number of anilines is 1. The second-order valence-electron chi connectivity index (χ2n) is 7.54. The van der Waals surface area contributed by atoms with Crippen LogP contribution in [0.25, 0.3) is 0 Å². The Balaban J connectivity index is 1.97. The fourth-order valence-electron chi connectivity index (χ4n) is 3.25. The summed E-state index contributed by atoms with van der Waals surface area (Å²) in [5, 5.41) is 2.84. The second kappa shape index (κ2) is 9.16. The molecule has 0 spiro atoms. The van der Waals surface area contributed by atoms with Crippen molar-refractivity contribution in [3.63, 3.8) is 0 Å². The first-order chi connectivity index (χ1) is 14.2. The van der Waals surface area contributed by atoms with E-state index in [1.165, 1.54) is 16.4 Å². The summed E-state index contributed by atoms with van der Waals surface area (Å²) in [6.45, 7) is 8.90. The van der Waals surface area contributed by atoms with Crippen LogP contribution >= 0.6 is 0 Å². The van der Waals surface area contributed by atoms with Gasteiger partial charge < -0.3 is 14.8 Å². The van der Waals surface area contributed by atoms with Gasteiger partial charge in [-0.3, -0.25) is 4.79 Å². The number of rotatable bonds is 6. The topological polar surface area (TPSA) is 84.9 Å². The third-order valence-electron chi connectivity index (χ3n) is 5.02. The van der Waals surface area contributed by atoms with Crippen molar-refractivity contribution in [2.75, 3.05) is 31.6 Å². The van der Waals surface area contributed by atoms with E-state index < -0.39 is 10.0 Å². The predicted molar refractivity (Wildman–Crippen MR) is 116 cm³/mol. The summed E-state index contributed by atoms with van der Waals surface area (Å²) in [4.78, 5) is 13.1. The van der Waals surface area contributed by atoms with Gasteiger partial charge >= 0.3 is 0 Å². The van der Waals surface area contributed by atoms with Crippen LogP contribution in [0.3, 0.4) is 0 Å². The summed E-state index contributed by atoms with van der Waals surface area (Å²) in [6, 6.07) is 10.1. The molecule has 0 aromatic heterocycles. The Morgan fingerprint density at radius 2 is 1.83 bits per heavy atom. The van der Waals surface area contributed by atoms with Gasteiger partial charge in [-0.1, -0.05) is 12.1 Å². The van der Waals surface area contributed by atoms with Gasteiger partial charge in [-0.2, -0.15) is 4.31 Å². The first kappa shape index (κ1) is 22.3. The van der Waals surface area contributed by atoms with E-state index in [0.29, 0.717) is 43.3 Å². The molecule has 7 nitrogen and oxygen atoms in total. The van der Waals surface area contributed by atoms with Crippen molar-refractivity contribution >= 4 is 21.6 Å². The number of morpholine rings is 1. The van der Waals surface area contributed by atoms with E-state index in [1.807, 2.05) is 39.8 Å². The number of hydrogen-bond donors (Lipinski definition) is 1. The van der Waals surface area contributed by atoms with Crippen molar-refractivity contribution in [1.82, 2.24) is 4.31 Å². The smallest absolute Gasteiger partial charge is 0.256 e. The second-order valence-corrected chi connectivity index (χ2v) is 9.48. The lowest BCUT2D eigenvalue weighted by molar-refractivity contribution is 0.0730. The van der Waals surface area contributed by atoms with Crippen LogP contribution < -0.4 is 10.1 Å². The average molecular weight is 433 g/mol. The molecular weight excluding hydrogens is 404 g/mol. The van der Waals surface area contributed by atoms with Crippen LogP contribution in [-0.4, -0.2) is 51.0 Å². The molecule has 8 heteroatoms. The van der Waals surface area contributed by atoms with Gasteiger partial charge in [-0.25, -0.2) is 8.42 Å². The molecule has 0 unspecified atom stereocenters. The van der Waals surface area contributed by atoms with Gasteiger partial charge in [-0.05, 0) is 63.1 Å². The number of nitrogens with one attached hydrogen (secondary N) is 1. The van der Waals surface area contributed by atoms with Gasteiger partial charge in [0.1, 0.15) is 5.75 Å². The zero-order valence-electron chi connectivity index (χ0n) is 17.8. The van der Waals surface area contributed by atoms with Crippen molar-refractivity contribution in [2.24, 2.45) is 0 Å². The number of nitrogens with zero attached hydrogens (tertiary/aromatic N) is 1. The highest BCUT2D eigenvalue weighted by Crippen LogP contribution is 2.31. The molecule has 0 atom stereocenters. The first-order valence-electron chi connectivity index (χ1n) is 9.96. The molecule has 1 N–H and O–H groups in total. The Morgan fingerprint density at radius 1 is 1.13 bits per heavy atom. The Kier molecular flexibility index (Phi) is 6.80. The van der Waals surface area contributed by atoms with E-state index in [4.69, 9.17) is 9.47 Å². The Hall–Kier alpha value is -2.42. The summed E-state index contributed by atoms with van der Waals surface area (Å²) < 4.78 is 38.5. The number of ether oxygens (including phenoxy) is 2. The summed E-state index contributed by atoms with van der Waals surface area (Å²) in [7, 11) is -3.70. The number of amides is 1. The highest BCUT2D eigenvalue weighted by Gasteiger charge is 2.27. The van der Waals surface area contributed by atoms with E-state index in [0.717, 1.165) is 11.1 Å². The molecule has 3 rings (SSSR count). The molecule has 30 heavy (non-hydrogen) atoms. The van der Waals surface area contributed by atoms with Crippen LogP contribution in [0, 0.1) is 13.8 Å². The SMILES string of the molecule is Cc1cccc(C(=O)Nc2cc(S(=O)(=O)N3CCOCC3)ccc2OC(C)C)c1C. The average Bonchev–Trinajstić information content (AvgIpc) is 2.71. The summed E-state index contributed by atoms with van der Waals surface area (Å²) in [6.07, 6.45) is -0.136.